The van der Waals surface area contributed by atoms with E-state index < -0.39 is 30.0 Å². The number of carbonyl (C=O) groups excluding carboxylic acids is 3. The largest absolute Gasteiger partial charge is 0.469 e. The third-order valence-corrected chi connectivity index (χ3v) is 5.48. The summed E-state index contributed by atoms with van der Waals surface area (Å²) in [4.78, 5) is 34.9. The molecule has 0 spiro atoms. The highest BCUT2D eigenvalue weighted by Gasteiger charge is 2.40. The smallest absolute Gasteiger partial charge is 0.333 e. The van der Waals surface area contributed by atoms with E-state index in [9.17, 15) is 14.4 Å². The van der Waals surface area contributed by atoms with Crippen molar-refractivity contribution in [3.63, 3.8) is 0 Å². The van der Waals surface area contributed by atoms with Gasteiger partial charge in [0.2, 0.25) is 0 Å². The molecule has 0 aromatic carbocycles. The molecular formula is C18H32N2O6. The molecule has 1 fully saturated rings. The van der Waals surface area contributed by atoms with Crippen LogP contribution in [0.2, 0.25) is 0 Å². The molecule has 1 aliphatic rings. The zero-order valence-electron chi connectivity index (χ0n) is 16.2. The predicted molar refractivity (Wildman–Crippen MR) is 94.8 cm³/mol. The fourth-order valence-electron chi connectivity index (χ4n) is 3.18. The molecule has 8 nitrogen and oxygen atoms in total. The molecule has 26 heavy (non-hydrogen) atoms. The van der Waals surface area contributed by atoms with Crippen molar-refractivity contribution < 1.29 is 28.6 Å². The van der Waals surface area contributed by atoms with E-state index in [0.29, 0.717) is 11.8 Å². The number of hydrogen-bond donors (Lipinski definition) is 2. The van der Waals surface area contributed by atoms with Gasteiger partial charge in [-0.2, -0.15) is 0 Å². The number of nitrogens with two attached hydrogens (primary N) is 2. The van der Waals surface area contributed by atoms with Gasteiger partial charge in [0.25, 0.3) is 0 Å². The van der Waals surface area contributed by atoms with Crippen molar-refractivity contribution >= 4 is 17.9 Å². The first-order valence-electron chi connectivity index (χ1n) is 9.09. The Morgan fingerprint density at radius 2 is 1.54 bits per heavy atom. The lowest BCUT2D eigenvalue weighted by atomic mass is 9.79. The molecule has 0 aromatic heterocycles. The fourth-order valence-corrected chi connectivity index (χ4v) is 3.18. The quantitative estimate of drug-likeness (QED) is 0.383. The highest BCUT2D eigenvalue weighted by molar-refractivity contribution is 5.92. The Kier molecular flexibility index (Phi) is 8.66. The summed E-state index contributed by atoms with van der Waals surface area (Å²) in [6.45, 7) is 6.27. The van der Waals surface area contributed by atoms with Crippen molar-refractivity contribution in [2.75, 3.05) is 13.7 Å². The molecule has 0 radical (unpaired) electrons. The Hall–Kier alpha value is -1.51. The topological polar surface area (TPSA) is 131 Å². The van der Waals surface area contributed by atoms with Crippen LogP contribution in [0.3, 0.4) is 0 Å². The first-order chi connectivity index (χ1) is 12.1. The second-order valence-electron chi connectivity index (χ2n) is 7.31. The second-order valence-corrected chi connectivity index (χ2v) is 7.31. The molecule has 1 rings (SSSR count). The molecule has 1 aliphatic carbocycles. The maximum atomic E-state index is 12.0. The average Bonchev–Trinajstić information content (AvgIpc) is 2.73. The summed E-state index contributed by atoms with van der Waals surface area (Å²) in [7, 11) is 1.18. The molecule has 4 atom stereocenters. The van der Waals surface area contributed by atoms with Crippen molar-refractivity contribution in [1.29, 1.82) is 0 Å². The van der Waals surface area contributed by atoms with E-state index in [4.69, 9.17) is 16.2 Å². The molecule has 0 aliphatic heterocycles. The van der Waals surface area contributed by atoms with Crippen LogP contribution in [-0.2, 0) is 28.6 Å². The van der Waals surface area contributed by atoms with Crippen LogP contribution in [-0.4, -0.2) is 49.3 Å². The number of esters is 3. The summed E-state index contributed by atoms with van der Waals surface area (Å²) in [5, 5.41) is 0. The standard InChI is InChI=1S/C18H32N2O6/c1-11-7-5-6-8-12(2)18(11,3)25-10-14(20)17(23)26-16(22)13(19)9-15(21)24-4/h11-14H,5-10,19-20H2,1-4H3/t11?,12?,13-,14-,18?/m0/s1. The molecule has 0 bridgehead atoms. The van der Waals surface area contributed by atoms with Gasteiger partial charge >= 0.3 is 17.9 Å². The zero-order valence-corrected chi connectivity index (χ0v) is 16.2. The van der Waals surface area contributed by atoms with Crippen molar-refractivity contribution in [2.45, 2.75) is 70.6 Å². The third kappa shape index (κ3) is 6.03. The first-order valence-corrected chi connectivity index (χ1v) is 9.09. The normalized spacial score (nSPS) is 28.5. The predicted octanol–water partition coefficient (Wildman–Crippen LogP) is 0.895. The molecule has 1 saturated carbocycles. The molecule has 4 N–H and O–H groups in total. The minimum Gasteiger partial charge on any atom is -0.469 e. The maximum absolute atomic E-state index is 12.0. The van der Waals surface area contributed by atoms with Gasteiger partial charge in [0.05, 0.1) is 25.7 Å². The summed E-state index contributed by atoms with van der Waals surface area (Å²) in [5.74, 6) is -1.94. The van der Waals surface area contributed by atoms with Gasteiger partial charge in [0, 0.05) is 0 Å². The van der Waals surface area contributed by atoms with Gasteiger partial charge < -0.3 is 25.7 Å². The molecule has 150 valence electrons. The summed E-state index contributed by atoms with van der Waals surface area (Å²) in [5.41, 5.74) is 10.9. The molecule has 0 heterocycles. The SMILES string of the molecule is COC(=O)C[C@H](N)C(=O)OC(=O)[C@@H](N)COC1(C)C(C)CCCCC1C. The number of methoxy groups -OCH3 is 1. The van der Waals surface area contributed by atoms with E-state index in [1.807, 2.05) is 6.92 Å². The molecule has 0 aromatic rings. The van der Waals surface area contributed by atoms with Gasteiger partial charge in [0.1, 0.15) is 12.1 Å². The van der Waals surface area contributed by atoms with E-state index >= 15 is 0 Å². The van der Waals surface area contributed by atoms with Crippen LogP contribution in [0.5, 0.6) is 0 Å². The summed E-state index contributed by atoms with van der Waals surface area (Å²) >= 11 is 0. The van der Waals surface area contributed by atoms with Crippen LogP contribution >= 0.6 is 0 Å². The lowest BCUT2D eigenvalue weighted by Gasteiger charge is -2.40. The van der Waals surface area contributed by atoms with Crippen LogP contribution in [0.1, 0.15) is 52.9 Å². The summed E-state index contributed by atoms with van der Waals surface area (Å²) < 4.78 is 15.1. The Bertz CT molecular complexity index is 498. The van der Waals surface area contributed by atoms with E-state index in [2.05, 4.69) is 23.3 Å². The highest BCUT2D eigenvalue weighted by Crippen LogP contribution is 2.39. The van der Waals surface area contributed by atoms with Gasteiger partial charge in [-0.1, -0.05) is 26.7 Å². The summed E-state index contributed by atoms with van der Waals surface area (Å²) in [6.07, 6.45) is 4.06. The molecule has 8 heteroatoms. The van der Waals surface area contributed by atoms with Crippen molar-refractivity contribution in [2.24, 2.45) is 23.3 Å². The molecular weight excluding hydrogens is 340 g/mol. The first kappa shape index (κ1) is 22.5. The Labute approximate surface area is 154 Å². The van der Waals surface area contributed by atoms with E-state index in [0.717, 1.165) is 25.7 Å². The van der Waals surface area contributed by atoms with Crippen LogP contribution in [0.15, 0.2) is 0 Å². The minimum atomic E-state index is -1.28. The third-order valence-electron chi connectivity index (χ3n) is 5.48. The number of carbonyl (C=O) groups is 3. The second kappa shape index (κ2) is 9.99. The lowest BCUT2D eigenvalue weighted by molar-refractivity contribution is -0.166. The number of ether oxygens (including phenoxy) is 3. The van der Waals surface area contributed by atoms with Gasteiger partial charge in [0.15, 0.2) is 0 Å². The molecule has 0 amide bonds. The Morgan fingerprint density at radius 1 is 1.04 bits per heavy atom. The molecule has 0 saturated heterocycles. The average molecular weight is 372 g/mol. The van der Waals surface area contributed by atoms with Crippen LogP contribution in [0.25, 0.3) is 0 Å². The minimum absolute atomic E-state index is 0.0521. The van der Waals surface area contributed by atoms with Crippen LogP contribution in [0, 0.1) is 11.8 Å². The number of rotatable bonds is 7. The van der Waals surface area contributed by atoms with E-state index in [-0.39, 0.29) is 18.6 Å². The zero-order chi connectivity index (χ0) is 19.9. The van der Waals surface area contributed by atoms with Gasteiger partial charge in [-0.15, -0.1) is 0 Å². The lowest BCUT2D eigenvalue weighted by Crippen LogP contribution is -2.47. The fraction of sp³-hybridized carbons (Fsp3) is 0.833. The highest BCUT2D eigenvalue weighted by atomic mass is 16.6. The monoisotopic (exact) mass is 372 g/mol. The van der Waals surface area contributed by atoms with Gasteiger partial charge in [-0.25, -0.2) is 9.59 Å². The van der Waals surface area contributed by atoms with Crippen molar-refractivity contribution in [3.8, 4) is 0 Å². The number of hydrogen-bond acceptors (Lipinski definition) is 8. The van der Waals surface area contributed by atoms with Crippen molar-refractivity contribution in [1.82, 2.24) is 0 Å². The summed E-state index contributed by atoms with van der Waals surface area (Å²) in [6, 6.07) is -2.39. The van der Waals surface area contributed by atoms with Crippen LogP contribution in [0.4, 0.5) is 0 Å². The maximum Gasteiger partial charge on any atom is 0.333 e. The van der Waals surface area contributed by atoms with Gasteiger partial charge in [-0.3, -0.25) is 4.79 Å². The van der Waals surface area contributed by atoms with E-state index in [1.165, 1.54) is 7.11 Å². The van der Waals surface area contributed by atoms with Crippen LogP contribution < -0.4 is 11.5 Å². The van der Waals surface area contributed by atoms with Crippen molar-refractivity contribution in [3.05, 3.63) is 0 Å². The van der Waals surface area contributed by atoms with Gasteiger partial charge in [-0.05, 0) is 31.6 Å². The van der Waals surface area contributed by atoms with E-state index in [1.54, 1.807) is 0 Å². The molecule has 2 unspecified atom stereocenters. The Morgan fingerprint density at radius 3 is 2.04 bits per heavy atom. The Balaban J connectivity index is 2.55.